The maximum absolute atomic E-state index is 5.33. The van der Waals surface area contributed by atoms with Gasteiger partial charge in [-0.1, -0.05) is 19.1 Å². The van der Waals surface area contributed by atoms with Crippen LogP contribution >= 0.6 is 11.3 Å². The molecule has 1 aromatic carbocycles. The zero-order valence-corrected chi connectivity index (χ0v) is 13.6. The molecule has 21 heavy (non-hydrogen) atoms. The Hall–Kier alpha value is -1.32. The first-order valence-corrected chi connectivity index (χ1v) is 8.59. The molecular formula is C18H23NOS. The summed E-state index contributed by atoms with van der Waals surface area (Å²) < 4.78 is 5.33. The van der Waals surface area contributed by atoms with Gasteiger partial charge in [0, 0.05) is 15.8 Å². The van der Waals surface area contributed by atoms with Gasteiger partial charge in [0.1, 0.15) is 5.75 Å². The first-order valence-electron chi connectivity index (χ1n) is 7.78. The third kappa shape index (κ3) is 3.30. The van der Waals surface area contributed by atoms with Gasteiger partial charge in [-0.3, -0.25) is 0 Å². The van der Waals surface area contributed by atoms with E-state index < -0.39 is 0 Å². The predicted molar refractivity (Wildman–Crippen MR) is 89.5 cm³/mol. The van der Waals surface area contributed by atoms with E-state index in [9.17, 15) is 0 Å². The monoisotopic (exact) mass is 301 g/mol. The molecular weight excluding hydrogens is 278 g/mol. The van der Waals surface area contributed by atoms with Crippen molar-refractivity contribution in [3.8, 4) is 5.75 Å². The zero-order chi connectivity index (χ0) is 14.7. The van der Waals surface area contributed by atoms with Crippen LogP contribution in [0.4, 0.5) is 0 Å². The minimum atomic E-state index is 0.415. The Kier molecular flexibility index (Phi) is 4.61. The standard InChI is InChI=1S/C18H23NOS/c1-3-19-16(11-13-6-4-8-15(10-13)20-2)18-12-14-7-5-9-17(14)21-18/h4,6,8,10,12,16,19H,3,5,7,9,11H2,1-2H3. The molecule has 1 aliphatic carbocycles. The molecule has 0 fully saturated rings. The predicted octanol–water partition coefficient (Wildman–Crippen LogP) is 4.14. The van der Waals surface area contributed by atoms with Crippen molar-refractivity contribution >= 4 is 11.3 Å². The van der Waals surface area contributed by atoms with Crippen LogP contribution in [-0.4, -0.2) is 13.7 Å². The summed E-state index contributed by atoms with van der Waals surface area (Å²) >= 11 is 2.01. The van der Waals surface area contributed by atoms with Gasteiger partial charge in [0.15, 0.2) is 0 Å². The largest absolute Gasteiger partial charge is 0.497 e. The van der Waals surface area contributed by atoms with Crippen molar-refractivity contribution in [1.82, 2.24) is 5.32 Å². The number of benzene rings is 1. The zero-order valence-electron chi connectivity index (χ0n) is 12.8. The van der Waals surface area contributed by atoms with Crippen LogP contribution in [0, 0.1) is 0 Å². The maximum Gasteiger partial charge on any atom is 0.119 e. The maximum atomic E-state index is 5.33. The third-order valence-corrected chi connectivity index (χ3v) is 5.48. The SMILES string of the molecule is CCNC(Cc1cccc(OC)c1)c1cc2c(s1)CCC2. The Labute approximate surface area is 131 Å². The Morgan fingerprint density at radius 2 is 2.19 bits per heavy atom. The molecule has 0 aliphatic heterocycles. The molecule has 3 heteroatoms. The first-order chi connectivity index (χ1) is 10.3. The van der Waals surface area contributed by atoms with Crippen LogP contribution in [0.5, 0.6) is 5.75 Å². The lowest BCUT2D eigenvalue weighted by molar-refractivity contribution is 0.414. The van der Waals surface area contributed by atoms with E-state index >= 15 is 0 Å². The molecule has 112 valence electrons. The highest BCUT2D eigenvalue weighted by Crippen LogP contribution is 2.35. The van der Waals surface area contributed by atoms with Crippen LogP contribution in [0.15, 0.2) is 30.3 Å². The number of thiophene rings is 1. The van der Waals surface area contributed by atoms with Crippen molar-refractivity contribution < 1.29 is 4.74 Å². The lowest BCUT2D eigenvalue weighted by Crippen LogP contribution is -2.22. The van der Waals surface area contributed by atoms with E-state index in [1.54, 1.807) is 17.6 Å². The summed E-state index contributed by atoms with van der Waals surface area (Å²) in [5, 5.41) is 3.64. The van der Waals surface area contributed by atoms with Crippen molar-refractivity contribution in [1.29, 1.82) is 0 Å². The van der Waals surface area contributed by atoms with Crippen LogP contribution in [0.3, 0.4) is 0 Å². The molecule has 0 spiro atoms. The Balaban J connectivity index is 1.80. The van der Waals surface area contributed by atoms with E-state index in [0.717, 1.165) is 18.7 Å². The van der Waals surface area contributed by atoms with Crippen LogP contribution in [0.2, 0.25) is 0 Å². The van der Waals surface area contributed by atoms with Gasteiger partial charge in [-0.2, -0.15) is 0 Å². The van der Waals surface area contributed by atoms with E-state index in [0.29, 0.717) is 6.04 Å². The fourth-order valence-corrected chi connectivity index (χ4v) is 4.41. The summed E-state index contributed by atoms with van der Waals surface area (Å²) in [4.78, 5) is 3.10. The molecule has 0 radical (unpaired) electrons. The van der Waals surface area contributed by atoms with E-state index in [1.807, 2.05) is 17.4 Å². The Morgan fingerprint density at radius 1 is 1.29 bits per heavy atom. The van der Waals surface area contributed by atoms with Crippen LogP contribution in [-0.2, 0) is 19.3 Å². The molecule has 2 aromatic rings. The number of rotatable bonds is 6. The summed E-state index contributed by atoms with van der Waals surface area (Å²) in [6.07, 6.45) is 4.90. The summed E-state index contributed by atoms with van der Waals surface area (Å²) in [5.41, 5.74) is 2.91. The van der Waals surface area contributed by atoms with Gasteiger partial charge < -0.3 is 10.1 Å². The third-order valence-electron chi connectivity index (χ3n) is 4.13. The lowest BCUT2D eigenvalue weighted by atomic mass is 10.0. The van der Waals surface area contributed by atoms with Gasteiger partial charge >= 0.3 is 0 Å². The van der Waals surface area contributed by atoms with E-state index in [4.69, 9.17) is 4.74 Å². The topological polar surface area (TPSA) is 21.3 Å². The summed E-state index contributed by atoms with van der Waals surface area (Å²) in [7, 11) is 1.73. The average molecular weight is 301 g/mol. The quantitative estimate of drug-likeness (QED) is 0.866. The second-order valence-corrected chi connectivity index (χ2v) is 6.78. The second-order valence-electron chi connectivity index (χ2n) is 5.62. The van der Waals surface area contributed by atoms with Gasteiger partial charge in [0.2, 0.25) is 0 Å². The second kappa shape index (κ2) is 6.63. The molecule has 1 heterocycles. The summed E-state index contributed by atoms with van der Waals surface area (Å²) in [6.45, 7) is 3.18. The van der Waals surface area contributed by atoms with Crippen molar-refractivity contribution in [2.24, 2.45) is 0 Å². The normalized spacial score (nSPS) is 15.0. The highest BCUT2D eigenvalue weighted by Gasteiger charge is 2.20. The van der Waals surface area contributed by atoms with Crippen molar-refractivity contribution in [3.63, 3.8) is 0 Å². The molecule has 1 aliphatic rings. The molecule has 1 aromatic heterocycles. The number of nitrogens with one attached hydrogen (secondary N) is 1. The van der Waals surface area contributed by atoms with E-state index in [2.05, 4.69) is 36.5 Å². The van der Waals surface area contributed by atoms with Crippen molar-refractivity contribution in [3.05, 3.63) is 51.2 Å². The lowest BCUT2D eigenvalue weighted by Gasteiger charge is -2.17. The molecule has 0 amide bonds. The van der Waals surface area contributed by atoms with Gasteiger partial charge in [-0.05, 0) is 61.6 Å². The average Bonchev–Trinajstić information content (AvgIpc) is 3.08. The number of aryl methyl sites for hydroxylation is 2. The minimum Gasteiger partial charge on any atom is -0.497 e. The van der Waals surface area contributed by atoms with Crippen molar-refractivity contribution in [2.45, 2.75) is 38.6 Å². The van der Waals surface area contributed by atoms with Gasteiger partial charge in [-0.15, -0.1) is 11.3 Å². The molecule has 0 bridgehead atoms. The Morgan fingerprint density at radius 3 is 2.95 bits per heavy atom. The first kappa shape index (κ1) is 14.6. The van der Waals surface area contributed by atoms with Crippen LogP contribution in [0.25, 0.3) is 0 Å². The number of methoxy groups -OCH3 is 1. The van der Waals surface area contributed by atoms with E-state index in [1.165, 1.54) is 29.7 Å². The smallest absolute Gasteiger partial charge is 0.119 e. The molecule has 1 unspecified atom stereocenters. The molecule has 1 N–H and O–H groups in total. The van der Waals surface area contributed by atoms with Crippen LogP contribution in [0.1, 0.15) is 40.3 Å². The molecule has 0 saturated carbocycles. The molecule has 1 atom stereocenters. The van der Waals surface area contributed by atoms with Crippen LogP contribution < -0.4 is 10.1 Å². The number of fused-ring (bicyclic) bond motifs is 1. The van der Waals surface area contributed by atoms with Gasteiger partial charge in [-0.25, -0.2) is 0 Å². The number of hydrogen-bond acceptors (Lipinski definition) is 3. The molecule has 3 rings (SSSR count). The minimum absolute atomic E-state index is 0.415. The number of hydrogen-bond donors (Lipinski definition) is 1. The van der Waals surface area contributed by atoms with Crippen molar-refractivity contribution in [2.75, 3.05) is 13.7 Å². The fraction of sp³-hybridized carbons (Fsp3) is 0.444. The molecule has 2 nitrogen and oxygen atoms in total. The number of ether oxygens (including phenoxy) is 1. The van der Waals surface area contributed by atoms with Gasteiger partial charge in [0.25, 0.3) is 0 Å². The fourth-order valence-electron chi connectivity index (χ4n) is 3.08. The Bertz CT molecular complexity index is 584. The number of likely N-dealkylation sites (N-methyl/N-ethyl adjacent to an activating group) is 1. The highest BCUT2D eigenvalue weighted by molar-refractivity contribution is 7.12. The molecule has 0 saturated heterocycles. The summed E-state index contributed by atoms with van der Waals surface area (Å²) in [6, 6.07) is 11.3. The summed E-state index contributed by atoms with van der Waals surface area (Å²) in [5.74, 6) is 0.941. The highest BCUT2D eigenvalue weighted by atomic mass is 32.1. The van der Waals surface area contributed by atoms with E-state index in [-0.39, 0.29) is 0 Å². The van der Waals surface area contributed by atoms with Gasteiger partial charge in [0.05, 0.1) is 7.11 Å².